The zero-order valence-electron chi connectivity index (χ0n) is 16.8. The number of fused-ring (bicyclic) bond motifs is 3. The van der Waals surface area contributed by atoms with E-state index < -0.39 is 0 Å². The van der Waals surface area contributed by atoms with E-state index in [0.717, 1.165) is 19.3 Å². The summed E-state index contributed by atoms with van der Waals surface area (Å²) in [5.41, 5.74) is 1.32. The molecule has 1 fully saturated rings. The second-order valence-corrected chi connectivity index (χ2v) is 7.93. The van der Waals surface area contributed by atoms with Crippen molar-refractivity contribution < 1.29 is 14.0 Å². The molecule has 3 aliphatic rings. The Bertz CT molecular complexity index is 1030. The average molecular weight is 410 g/mol. The molecule has 30 heavy (non-hydrogen) atoms. The Morgan fingerprint density at radius 3 is 2.77 bits per heavy atom. The monoisotopic (exact) mass is 410 g/mol. The first kappa shape index (κ1) is 18.8. The van der Waals surface area contributed by atoms with Gasteiger partial charge in [0.25, 0.3) is 0 Å². The van der Waals surface area contributed by atoms with Crippen LogP contribution in [0.25, 0.3) is 5.69 Å². The summed E-state index contributed by atoms with van der Waals surface area (Å²) in [6, 6.07) is 5.78. The van der Waals surface area contributed by atoms with Gasteiger partial charge in [0.2, 0.25) is 5.91 Å². The van der Waals surface area contributed by atoms with Gasteiger partial charge in [-0.05, 0) is 50.5 Å². The molecule has 0 bridgehead atoms. The molecular weight excluding hydrogens is 387 g/mol. The first-order valence-electron chi connectivity index (χ1n) is 10.3. The van der Waals surface area contributed by atoms with Gasteiger partial charge in [0.05, 0.1) is 24.0 Å². The lowest BCUT2D eigenvalue weighted by Crippen LogP contribution is -2.55. The first-order valence-corrected chi connectivity index (χ1v) is 10.3. The van der Waals surface area contributed by atoms with Crippen molar-refractivity contribution in [2.45, 2.75) is 32.2 Å². The maximum atomic E-state index is 13.4. The van der Waals surface area contributed by atoms with Crippen molar-refractivity contribution in [2.24, 2.45) is 4.99 Å². The molecular formula is C21H23FN6O2. The third-order valence-electron chi connectivity index (χ3n) is 6.03. The van der Waals surface area contributed by atoms with Crippen molar-refractivity contribution in [1.82, 2.24) is 19.6 Å². The Kier molecular flexibility index (Phi) is 4.52. The minimum atomic E-state index is -0.353. The minimum absolute atomic E-state index is 0.0627. The number of nitrogens with zero attached hydrogens (tertiary/aromatic N) is 6. The number of amidine groups is 1. The molecule has 0 radical (unpaired) electrons. The number of benzene rings is 1. The Morgan fingerprint density at radius 1 is 1.20 bits per heavy atom. The van der Waals surface area contributed by atoms with E-state index in [2.05, 4.69) is 17.0 Å². The van der Waals surface area contributed by atoms with Gasteiger partial charge in [-0.1, -0.05) is 0 Å². The summed E-state index contributed by atoms with van der Waals surface area (Å²) in [7, 11) is 0. The number of halogens is 1. The van der Waals surface area contributed by atoms with Crippen molar-refractivity contribution in [3.8, 4) is 5.69 Å². The van der Waals surface area contributed by atoms with Gasteiger partial charge in [-0.3, -0.25) is 19.6 Å². The predicted octanol–water partition coefficient (Wildman–Crippen LogP) is 2.41. The number of carbonyl (C=O) groups is 2. The van der Waals surface area contributed by atoms with Crippen molar-refractivity contribution in [1.29, 1.82) is 0 Å². The average Bonchev–Trinajstić information content (AvgIpc) is 3.39. The van der Waals surface area contributed by atoms with Crippen molar-refractivity contribution >= 4 is 23.6 Å². The number of aromatic nitrogens is 2. The number of rotatable bonds is 3. The van der Waals surface area contributed by atoms with E-state index in [4.69, 9.17) is 0 Å². The van der Waals surface area contributed by atoms with Gasteiger partial charge < -0.3 is 4.90 Å². The second kappa shape index (κ2) is 7.23. The third kappa shape index (κ3) is 2.96. The lowest BCUT2D eigenvalue weighted by molar-refractivity contribution is -0.132. The standard InChI is InChI=1S/C21H23FN6O2/c1-14-4-2-3-10-25(14)18(29)13-27-20-17(19-23-9-11-26(19)21(27)30)12-24-28(20)16-7-5-15(22)6-8-16/h5-8,12,14H,2-4,9-11,13H2,1H3/t14-/m0/s1. The van der Waals surface area contributed by atoms with E-state index in [0.29, 0.717) is 42.5 Å². The molecule has 3 aliphatic heterocycles. The highest BCUT2D eigenvalue weighted by molar-refractivity contribution is 6.20. The van der Waals surface area contributed by atoms with Crippen LogP contribution in [-0.2, 0) is 4.79 Å². The Morgan fingerprint density at radius 2 is 2.00 bits per heavy atom. The molecule has 156 valence electrons. The van der Waals surface area contributed by atoms with Crippen LogP contribution in [0.4, 0.5) is 15.0 Å². The van der Waals surface area contributed by atoms with Crippen LogP contribution in [0.2, 0.25) is 0 Å². The van der Waals surface area contributed by atoms with Gasteiger partial charge in [0.15, 0.2) is 5.82 Å². The molecule has 0 saturated carbocycles. The van der Waals surface area contributed by atoms with E-state index in [1.54, 1.807) is 27.9 Å². The van der Waals surface area contributed by atoms with Crippen molar-refractivity contribution in [2.75, 3.05) is 31.1 Å². The van der Waals surface area contributed by atoms with Crippen LogP contribution in [0.1, 0.15) is 31.7 Å². The first-order chi connectivity index (χ1) is 14.5. The van der Waals surface area contributed by atoms with Crippen LogP contribution in [0.15, 0.2) is 35.5 Å². The Balaban J connectivity index is 1.55. The van der Waals surface area contributed by atoms with E-state index in [9.17, 15) is 14.0 Å². The molecule has 0 aliphatic carbocycles. The molecule has 3 amide bonds. The molecule has 0 N–H and O–H groups in total. The molecule has 0 unspecified atom stereocenters. The second-order valence-electron chi connectivity index (χ2n) is 7.93. The van der Waals surface area contributed by atoms with Gasteiger partial charge in [0.1, 0.15) is 18.2 Å². The highest BCUT2D eigenvalue weighted by atomic mass is 19.1. The van der Waals surface area contributed by atoms with E-state index in [1.807, 2.05) is 4.90 Å². The highest BCUT2D eigenvalue weighted by Crippen LogP contribution is 2.33. The predicted molar refractivity (Wildman–Crippen MR) is 109 cm³/mol. The van der Waals surface area contributed by atoms with Crippen LogP contribution in [0.3, 0.4) is 0 Å². The largest absolute Gasteiger partial charge is 0.338 e. The van der Waals surface area contributed by atoms with Crippen LogP contribution in [-0.4, -0.2) is 69.6 Å². The minimum Gasteiger partial charge on any atom is -0.338 e. The summed E-state index contributed by atoms with van der Waals surface area (Å²) in [4.78, 5) is 35.9. The fraction of sp³-hybridized carbons (Fsp3) is 0.429. The number of carbonyl (C=O) groups excluding carboxylic acids is 2. The van der Waals surface area contributed by atoms with Gasteiger partial charge in [0, 0.05) is 19.1 Å². The molecule has 2 aromatic rings. The lowest BCUT2D eigenvalue weighted by atomic mass is 10.0. The number of amides is 3. The molecule has 0 spiro atoms. The number of hydrogen-bond donors (Lipinski definition) is 0. The van der Waals surface area contributed by atoms with Crippen molar-refractivity contribution in [3.05, 3.63) is 41.8 Å². The Hall–Kier alpha value is -3.23. The van der Waals surface area contributed by atoms with Gasteiger partial charge in [-0.25, -0.2) is 13.9 Å². The Labute approximate surface area is 173 Å². The molecule has 9 heteroatoms. The van der Waals surface area contributed by atoms with Gasteiger partial charge in [-0.2, -0.15) is 5.10 Å². The molecule has 1 aromatic carbocycles. The van der Waals surface area contributed by atoms with Crippen LogP contribution >= 0.6 is 0 Å². The number of hydrogen-bond acceptors (Lipinski definition) is 4. The normalized spacial score (nSPS) is 20.9. The molecule has 4 heterocycles. The summed E-state index contributed by atoms with van der Waals surface area (Å²) in [5, 5.41) is 4.45. The quantitative estimate of drug-likeness (QED) is 0.780. The topological polar surface area (TPSA) is 74.0 Å². The molecule has 1 saturated heterocycles. The van der Waals surface area contributed by atoms with E-state index in [1.165, 1.54) is 17.0 Å². The zero-order chi connectivity index (χ0) is 20.8. The van der Waals surface area contributed by atoms with E-state index >= 15 is 0 Å². The highest BCUT2D eigenvalue weighted by Gasteiger charge is 2.42. The molecule has 1 aromatic heterocycles. The maximum Gasteiger partial charge on any atom is 0.331 e. The fourth-order valence-electron chi connectivity index (χ4n) is 4.47. The van der Waals surface area contributed by atoms with Gasteiger partial charge in [-0.15, -0.1) is 0 Å². The molecule has 5 rings (SSSR count). The lowest BCUT2D eigenvalue weighted by Gasteiger charge is -2.37. The van der Waals surface area contributed by atoms with Crippen LogP contribution in [0, 0.1) is 5.82 Å². The summed E-state index contributed by atoms with van der Waals surface area (Å²) >= 11 is 0. The third-order valence-corrected chi connectivity index (χ3v) is 6.03. The smallest absolute Gasteiger partial charge is 0.331 e. The fourth-order valence-corrected chi connectivity index (χ4v) is 4.47. The van der Waals surface area contributed by atoms with E-state index in [-0.39, 0.29) is 30.3 Å². The van der Waals surface area contributed by atoms with Crippen molar-refractivity contribution in [3.63, 3.8) is 0 Å². The number of anilines is 1. The zero-order valence-corrected chi connectivity index (χ0v) is 16.8. The summed E-state index contributed by atoms with van der Waals surface area (Å²) in [6.07, 6.45) is 4.72. The van der Waals surface area contributed by atoms with Crippen LogP contribution < -0.4 is 4.90 Å². The maximum absolute atomic E-state index is 13.4. The number of likely N-dealkylation sites (tertiary alicyclic amines) is 1. The summed E-state index contributed by atoms with van der Waals surface area (Å²) < 4.78 is 15.0. The molecule has 8 nitrogen and oxygen atoms in total. The summed E-state index contributed by atoms with van der Waals surface area (Å²) in [6.45, 7) is 3.71. The van der Waals surface area contributed by atoms with Crippen LogP contribution in [0.5, 0.6) is 0 Å². The molecule has 1 atom stereocenters. The van der Waals surface area contributed by atoms with Gasteiger partial charge >= 0.3 is 6.03 Å². The number of piperidine rings is 1. The number of urea groups is 1. The number of aliphatic imine (C=N–C) groups is 1. The summed E-state index contributed by atoms with van der Waals surface area (Å²) in [5.74, 6) is 0.654. The SMILES string of the molecule is C[C@H]1CCCCN1C(=O)CN1C(=O)N2CCN=C2c2cnn(-c3ccc(F)cc3)c21.